The summed E-state index contributed by atoms with van der Waals surface area (Å²) in [6, 6.07) is 4.03. The van der Waals surface area contributed by atoms with E-state index in [0.29, 0.717) is 0 Å². The molecule has 2 nitrogen and oxygen atoms in total. The number of aryl methyl sites for hydroxylation is 1. The number of nitrogens with zero attached hydrogens (tertiary/aromatic N) is 1. The molecule has 1 heterocycles. The van der Waals surface area contributed by atoms with Crippen molar-refractivity contribution in [3.8, 4) is 0 Å². The Morgan fingerprint density at radius 1 is 1.60 bits per heavy atom. The molecule has 1 N–H and O–H groups in total. The Bertz CT molecular complexity index is 323. The molecule has 1 aliphatic rings. The minimum absolute atomic E-state index is 0.271. The van der Waals surface area contributed by atoms with Crippen molar-refractivity contribution in [1.82, 2.24) is 4.98 Å². The highest BCUT2D eigenvalue weighted by atomic mass is 35.5. The third kappa shape index (κ3) is 2.85. The van der Waals surface area contributed by atoms with Crippen LogP contribution in [0, 0.1) is 12.8 Å². The van der Waals surface area contributed by atoms with Crippen LogP contribution < -0.4 is 5.32 Å². The van der Waals surface area contributed by atoms with Gasteiger partial charge in [-0.1, -0.05) is 6.42 Å². The molecule has 82 valence electrons. The highest BCUT2D eigenvalue weighted by Gasteiger charge is 2.25. The van der Waals surface area contributed by atoms with E-state index in [1.165, 1.54) is 19.3 Å². The summed E-state index contributed by atoms with van der Waals surface area (Å²) in [6.07, 6.45) is 5.77. The third-order valence-corrected chi connectivity index (χ3v) is 3.57. The van der Waals surface area contributed by atoms with Gasteiger partial charge in [-0.2, -0.15) is 0 Å². The Labute approximate surface area is 96.1 Å². The van der Waals surface area contributed by atoms with Gasteiger partial charge in [0.25, 0.3) is 0 Å². The van der Waals surface area contributed by atoms with E-state index in [1.807, 2.05) is 25.3 Å². The second kappa shape index (κ2) is 4.84. The monoisotopic (exact) mass is 224 g/mol. The molecule has 0 amide bonds. The van der Waals surface area contributed by atoms with Crippen LogP contribution in [0.3, 0.4) is 0 Å². The molecule has 0 saturated heterocycles. The van der Waals surface area contributed by atoms with Gasteiger partial charge in [0.1, 0.15) is 0 Å². The first-order chi connectivity index (χ1) is 7.25. The summed E-state index contributed by atoms with van der Waals surface area (Å²) < 4.78 is 0. The van der Waals surface area contributed by atoms with Crippen LogP contribution in [0.5, 0.6) is 0 Å². The minimum Gasteiger partial charge on any atom is -0.383 e. The smallest absolute Gasteiger partial charge is 0.0536 e. The number of hydrogen-bond donors (Lipinski definition) is 1. The summed E-state index contributed by atoms with van der Waals surface area (Å²) in [4.78, 5) is 4.16. The number of alkyl halides is 1. The highest BCUT2D eigenvalue weighted by molar-refractivity contribution is 6.21. The molecule has 1 aliphatic carbocycles. The van der Waals surface area contributed by atoms with Crippen LogP contribution in [0.25, 0.3) is 0 Å². The van der Waals surface area contributed by atoms with E-state index in [-0.39, 0.29) is 5.38 Å². The summed E-state index contributed by atoms with van der Waals surface area (Å²) in [6.45, 7) is 2.85. The number of pyridine rings is 1. The molecular weight excluding hydrogens is 208 g/mol. The highest BCUT2D eigenvalue weighted by Crippen LogP contribution is 2.32. The van der Waals surface area contributed by atoms with Crippen molar-refractivity contribution in [3.05, 3.63) is 24.0 Å². The zero-order valence-corrected chi connectivity index (χ0v) is 9.80. The van der Waals surface area contributed by atoms with Crippen LogP contribution in [0.15, 0.2) is 18.3 Å². The summed E-state index contributed by atoms with van der Waals surface area (Å²) in [5.74, 6) is 0.724. The molecule has 2 rings (SSSR count). The Balaban J connectivity index is 1.81. The van der Waals surface area contributed by atoms with Crippen molar-refractivity contribution in [2.75, 3.05) is 11.9 Å². The predicted molar refractivity (Wildman–Crippen MR) is 64.4 cm³/mol. The van der Waals surface area contributed by atoms with Crippen molar-refractivity contribution < 1.29 is 0 Å². The van der Waals surface area contributed by atoms with Crippen LogP contribution in [0.2, 0.25) is 0 Å². The maximum Gasteiger partial charge on any atom is 0.0536 e. The van der Waals surface area contributed by atoms with Crippen molar-refractivity contribution in [2.45, 2.75) is 31.6 Å². The third-order valence-electron chi connectivity index (χ3n) is 3.06. The summed E-state index contributed by atoms with van der Waals surface area (Å²) in [5.41, 5.74) is 2.15. The van der Waals surface area contributed by atoms with Gasteiger partial charge in [-0.15, -0.1) is 11.6 Å². The van der Waals surface area contributed by atoms with Crippen molar-refractivity contribution in [1.29, 1.82) is 0 Å². The molecule has 0 radical (unpaired) electrons. The summed E-state index contributed by atoms with van der Waals surface area (Å²) in [5, 5.41) is 3.63. The van der Waals surface area contributed by atoms with Gasteiger partial charge in [0.05, 0.1) is 5.38 Å². The molecule has 1 fully saturated rings. The molecular formula is C12H17ClN2. The van der Waals surface area contributed by atoms with Gasteiger partial charge in [-0.3, -0.25) is 4.98 Å². The molecule has 0 spiro atoms. The average molecular weight is 225 g/mol. The van der Waals surface area contributed by atoms with Gasteiger partial charge in [-0.25, -0.2) is 0 Å². The molecule has 1 aromatic heterocycles. The SMILES string of the molecule is Cc1cc(NCC(Cl)C2CCC2)ccn1. The minimum atomic E-state index is 0.271. The standard InChI is InChI=1S/C12H17ClN2/c1-9-7-11(5-6-14-9)15-8-12(13)10-3-2-4-10/h5-7,10,12H,2-4,8H2,1H3,(H,14,15). The number of hydrogen-bond acceptors (Lipinski definition) is 2. The number of anilines is 1. The molecule has 0 aromatic carbocycles. The van der Waals surface area contributed by atoms with Crippen molar-refractivity contribution in [2.24, 2.45) is 5.92 Å². The molecule has 0 aliphatic heterocycles. The normalized spacial score (nSPS) is 18.3. The fourth-order valence-electron chi connectivity index (χ4n) is 1.84. The van der Waals surface area contributed by atoms with Crippen LogP contribution in [-0.4, -0.2) is 16.9 Å². The summed E-state index contributed by atoms with van der Waals surface area (Å²) >= 11 is 6.29. The fraction of sp³-hybridized carbons (Fsp3) is 0.583. The van der Waals surface area contributed by atoms with Gasteiger partial charge in [0.2, 0.25) is 0 Å². The zero-order valence-electron chi connectivity index (χ0n) is 9.04. The van der Waals surface area contributed by atoms with Gasteiger partial charge in [-0.05, 0) is 37.8 Å². The molecule has 15 heavy (non-hydrogen) atoms. The Kier molecular flexibility index (Phi) is 3.47. The fourth-order valence-corrected chi connectivity index (χ4v) is 2.17. The topological polar surface area (TPSA) is 24.9 Å². The van der Waals surface area contributed by atoms with E-state index >= 15 is 0 Å². The summed E-state index contributed by atoms with van der Waals surface area (Å²) in [7, 11) is 0. The number of aromatic nitrogens is 1. The Hall–Kier alpha value is -0.760. The zero-order chi connectivity index (χ0) is 10.7. The average Bonchev–Trinajstić information content (AvgIpc) is 2.12. The maximum atomic E-state index is 6.29. The molecule has 1 aromatic rings. The maximum absolute atomic E-state index is 6.29. The molecule has 3 heteroatoms. The number of rotatable bonds is 4. The lowest BCUT2D eigenvalue weighted by Crippen LogP contribution is -2.28. The second-order valence-corrected chi connectivity index (χ2v) is 4.83. The molecule has 1 saturated carbocycles. The van der Waals surface area contributed by atoms with Crippen LogP contribution in [-0.2, 0) is 0 Å². The quantitative estimate of drug-likeness (QED) is 0.795. The van der Waals surface area contributed by atoms with Crippen molar-refractivity contribution >= 4 is 17.3 Å². The second-order valence-electron chi connectivity index (χ2n) is 4.27. The first kappa shape index (κ1) is 10.7. The Morgan fingerprint density at radius 3 is 3.00 bits per heavy atom. The van der Waals surface area contributed by atoms with E-state index in [9.17, 15) is 0 Å². The number of halogens is 1. The van der Waals surface area contributed by atoms with Gasteiger partial charge in [0.15, 0.2) is 0 Å². The number of nitrogens with one attached hydrogen (secondary N) is 1. The van der Waals surface area contributed by atoms with Crippen LogP contribution in [0.1, 0.15) is 25.0 Å². The van der Waals surface area contributed by atoms with E-state index in [2.05, 4.69) is 10.3 Å². The van der Waals surface area contributed by atoms with E-state index < -0.39 is 0 Å². The van der Waals surface area contributed by atoms with Gasteiger partial charge < -0.3 is 5.32 Å². The van der Waals surface area contributed by atoms with E-state index in [0.717, 1.165) is 23.8 Å². The Morgan fingerprint density at radius 2 is 2.40 bits per heavy atom. The largest absolute Gasteiger partial charge is 0.383 e. The lowest BCUT2D eigenvalue weighted by molar-refractivity contribution is 0.308. The first-order valence-corrected chi connectivity index (χ1v) is 6.00. The van der Waals surface area contributed by atoms with Gasteiger partial charge in [0, 0.05) is 24.1 Å². The van der Waals surface area contributed by atoms with Crippen LogP contribution in [0.4, 0.5) is 5.69 Å². The lowest BCUT2D eigenvalue weighted by Gasteiger charge is -2.30. The van der Waals surface area contributed by atoms with E-state index in [4.69, 9.17) is 11.6 Å². The van der Waals surface area contributed by atoms with Gasteiger partial charge >= 0.3 is 0 Å². The lowest BCUT2D eigenvalue weighted by atomic mass is 9.82. The molecule has 0 bridgehead atoms. The van der Waals surface area contributed by atoms with E-state index in [1.54, 1.807) is 0 Å². The first-order valence-electron chi connectivity index (χ1n) is 5.56. The van der Waals surface area contributed by atoms with Crippen molar-refractivity contribution in [3.63, 3.8) is 0 Å². The molecule has 1 unspecified atom stereocenters. The van der Waals surface area contributed by atoms with Crippen LogP contribution >= 0.6 is 11.6 Å². The molecule has 1 atom stereocenters. The predicted octanol–water partition coefficient (Wildman–Crippen LogP) is 3.21.